The molecule has 22 heteroatoms. The Balaban J connectivity index is 0.000000186. The number of halogens is 6. The molecule has 2 amide bonds. The maximum Gasteiger partial charge on any atom is 0.418 e. The standard InChI is InChI=1S/2C20H21F3N6O2/c2*1-13-6-7-15(28-11-14(10-26-28)18(30)20(21,22)23)12-27(13)19(31)16-4-2-3-5-17(16)29-24-8-9-25-29/h2*2-5,8-11,13,15,18,30H,6-7,12H2,1H3/t13-,15-,18+;13-,15-,18-/m11/s1. The van der Waals surface area contributed by atoms with E-state index in [0.717, 1.165) is 12.4 Å². The summed E-state index contributed by atoms with van der Waals surface area (Å²) in [5.41, 5.74) is 1.31. The second-order valence-corrected chi connectivity index (χ2v) is 15.1. The molecule has 0 radical (unpaired) electrons. The van der Waals surface area contributed by atoms with E-state index in [9.17, 15) is 46.1 Å². The Kier molecular flexibility index (Phi) is 12.6. The van der Waals surface area contributed by atoms with Crippen molar-refractivity contribution in [2.75, 3.05) is 13.1 Å². The van der Waals surface area contributed by atoms with Gasteiger partial charge < -0.3 is 20.0 Å². The first-order valence-electron chi connectivity index (χ1n) is 19.6. The molecule has 2 aliphatic rings. The van der Waals surface area contributed by atoms with E-state index in [1.807, 2.05) is 13.8 Å². The predicted molar refractivity (Wildman–Crippen MR) is 207 cm³/mol. The number of rotatable bonds is 8. The van der Waals surface area contributed by atoms with Crippen molar-refractivity contribution in [3.8, 4) is 11.4 Å². The quantitative estimate of drug-likeness (QED) is 0.177. The van der Waals surface area contributed by atoms with Crippen molar-refractivity contribution >= 4 is 11.8 Å². The van der Waals surface area contributed by atoms with Gasteiger partial charge in [0.15, 0.2) is 12.2 Å². The number of hydrogen-bond donors (Lipinski definition) is 2. The number of aliphatic hydroxyl groups is 2. The number of likely N-dealkylation sites (tertiary alicyclic amines) is 2. The zero-order chi connectivity index (χ0) is 44.3. The number of piperidine rings is 2. The fourth-order valence-corrected chi connectivity index (χ4v) is 7.59. The number of hydrogen-bond acceptors (Lipinski definition) is 10. The minimum atomic E-state index is -4.76. The molecular formula is C40H42F6N12O4. The van der Waals surface area contributed by atoms with E-state index in [2.05, 4.69) is 30.6 Å². The molecule has 0 spiro atoms. The van der Waals surface area contributed by atoms with Gasteiger partial charge in [-0.1, -0.05) is 24.3 Å². The van der Waals surface area contributed by atoms with Crippen molar-refractivity contribution < 1.29 is 46.1 Å². The summed E-state index contributed by atoms with van der Waals surface area (Å²) >= 11 is 0. The molecule has 6 heterocycles. The topological polar surface area (TPSA) is 178 Å². The Morgan fingerprint density at radius 1 is 0.581 bits per heavy atom. The SMILES string of the molecule is C[C@@H]1CC[C@@H](n2cc([C@@H](O)C(F)(F)F)cn2)CN1C(=O)c1ccccc1-n1nccn1.C[C@@H]1CC[C@@H](n2cc([C@H](O)C(F)(F)F)cn2)CN1C(=O)c1ccccc1-n1nccn1. The number of nitrogens with zero attached hydrogens (tertiary/aromatic N) is 12. The van der Waals surface area contributed by atoms with Gasteiger partial charge in [-0.15, -0.1) is 0 Å². The second kappa shape index (κ2) is 17.9. The second-order valence-electron chi connectivity index (χ2n) is 15.1. The van der Waals surface area contributed by atoms with Crippen LogP contribution in [0.2, 0.25) is 0 Å². The smallest absolute Gasteiger partial charge is 0.379 e. The van der Waals surface area contributed by atoms with Crippen molar-refractivity contribution in [2.45, 2.75) is 88.3 Å². The van der Waals surface area contributed by atoms with E-state index in [4.69, 9.17) is 0 Å². The van der Waals surface area contributed by atoms with Gasteiger partial charge in [-0.25, -0.2) is 0 Å². The number of amides is 2. The Hall–Kier alpha value is -6.42. The lowest BCUT2D eigenvalue weighted by atomic mass is 9.98. The Labute approximate surface area is 350 Å². The molecule has 62 heavy (non-hydrogen) atoms. The molecule has 2 fully saturated rings. The van der Waals surface area contributed by atoms with Crippen molar-refractivity contribution in [1.29, 1.82) is 0 Å². The lowest BCUT2D eigenvalue weighted by Crippen LogP contribution is -2.46. The van der Waals surface area contributed by atoms with Crippen LogP contribution < -0.4 is 0 Å². The molecule has 2 N–H and O–H groups in total. The number of para-hydroxylation sites is 2. The van der Waals surface area contributed by atoms with E-state index < -0.39 is 24.6 Å². The fourth-order valence-electron chi connectivity index (χ4n) is 7.59. The predicted octanol–water partition coefficient (Wildman–Crippen LogP) is 5.85. The molecule has 0 bridgehead atoms. The highest BCUT2D eigenvalue weighted by Crippen LogP contribution is 2.36. The highest BCUT2D eigenvalue weighted by atomic mass is 19.4. The van der Waals surface area contributed by atoms with Crippen LogP contribution >= 0.6 is 0 Å². The minimum Gasteiger partial charge on any atom is -0.379 e. The number of carbonyl (C=O) groups is 2. The monoisotopic (exact) mass is 868 g/mol. The van der Waals surface area contributed by atoms with Crippen LogP contribution in [0.4, 0.5) is 26.3 Å². The average Bonchev–Trinajstić information content (AvgIpc) is 4.11. The molecule has 8 rings (SSSR count). The van der Waals surface area contributed by atoms with Gasteiger partial charge in [0.1, 0.15) is 0 Å². The van der Waals surface area contributed by atoms with Crippen LogP contribution in [0.1, 0.15) is 95.7 Å². The minimum absolute atomic E-state index is 0.0572. The van der Waals surface area contributed by atoms with E-state index in [-0.39, 0.29) is 60.2 Å². The first-order chi connectivity index (χ1) is 29.5. The molecule has 6 aromatic rings. The molecule has 0 unspecified atom stereocenters. The van der Waals surface area contributed by atoms with Gasteiger partial charge in [-0.3, -0.25) is 19.0 Å². The summed E-state index contributed by atoms with van der Waals surface area (Å²) in [5.74, 6) is -0.430. The van der Waals surface area contributed by atoms with Gasteiger partial charge >= 0.3 is 12.4 Å². The normalized spacial score (nSPS) is 20.6. The van der Waals surface area contributed by atoms with Gasteiger partial charge in [0.05, 0.1) is 71.8 Å². The summed E-state index contributed by atoms with van der Waals surface area (Å²) in [6, 6.07) is 13.3. The number of aliphatic hydroxyl groups excluding tert-OH is 2. The summed E-state index contributed by atoms with van der Waals surface area (Å²) in [4.78, 5) is 32.9. The molecular weight excluding hydrogens is 827 g/mol. The van der Waals surface area contributed by atoms with Crippen LogP contribution in [-0.2, 0) is 0 Å². The summed E-state index contributed by atoms with van der Waals surface area (Å²) < 4.78 is 79.6. The van der Waals surface area contributed by atoms with Gasteiger partial charge in [-0.05, 0) is 63.8 Å². The lowest BCUT2D eigenvalue weighted by Gasteiger charge is -2.38. The Morgan fingerprint density at radius 3 is 1.29 bits per heavy atom. The number of aromatic nitrogens is 10. The lowest BCUT2D eigenvalue weighted by molar-refractivity contribution is -0.207. The van der Waals surface area contributed by atoms with E-state index in [1.165, 1.54) is 56.1 Å². The van der Waals surface area contributed by atoms with Gasteiger partial charge in [-0.2, -0.15) is 66.5 Å². The van der Waals surface area contributed by atoms with Gasteiger partial charge in [0, 0.05) is 48.7 Å². The summed E-state index contributed by atoms with van der Waals surface area (Å²) in [6.45, 7) is 4.43. The fraction of sp³-hybridized carbons (Fsp3) is 0.400. The van der Waals surface area contributed by atoms with Crippen LogP contribution in [0.3, 0.4) is 0 Å². The molecule has 4 aromatic heterocycles. The molecule has 0 aliphatic carbocycles. The molecule has 16 nitrogen and oxygen atoms in total. The highest BCUT2D eigenvalue weighted by molar-refractivity contribution is 5.98. The maximum absolute atomic E-state index is 13.4. The first kappa shape index (κ1) is 43.7. The number of alkyl halides is 6. The first-order valence-corrected chi connectivity index (χ1v) is 19.6. The Bertz CT molecular complexity index is 2270. The number of carbonyl (C=O) groups excluding carboxylic acids is 2. The Morgan fingerprint density at radius 2 is 0.935 bits per heavy atom. The third-order valence-corrected chi connectivity index (χ3v) is 11.0. The van der Waals surface area contributed by atoms with E-state index in [0.29, 0.717) is 48.2 Å². The molecule has 0 saturated carbocycles. The van der Waals surface area contributed by atoms with E-state index >= 15 is 0 Å². The van der Waals surface area contributed by atoms with Crippen LogP contribution in [-0.4, -0.2) is 119 Å². The van der Waals surface area contributed by atoms with Crippen LogP contribution in [0.5, 0.6) is 0 Å². The van der Waals surface area contributed by atoms with Crippen LogP contribution in [0, 0.1) is 0 Å². The third-order valence-electron chi connectivity index (χ3n) is 11.0. The molecule has 328 valence electrons. The largest absolute Gasteiger partial charge is 0.418 e. The number of benzene rings is 2. The molecule has 2 saturated heterocycles. The average molecular weight is 869 g/mol. The van der Waals surface area contributed by atoms with Crippen LogP contribution in [0.15, 0.2) is 98.1 Å². The summed E-state index contributed by atoms with van der Waals surface area (Å²) in [5, 5.41) is 43.4. The van der Waals surface area contributed by atoms with Gasteiger partial charge in [0.25, 0.3) is 11.8 Å². The van der Waals surface area contributed by atoms with Crippen molar-refractivity contribution in [3.05, 3.63) is 120 Å². The summed E-state index contributed by atoms with van der Waals surface area (Å²) in [6.07, 6.45) is -1.58. The van der Waals surface area contributed by atoms with E-state index in [1.54, 1.807) is 58.3 Å². The van der Waals surface area contributed by atoms with Crippen molar-refractivity contribution in [1.82, 2.24) is 59.3 Å². The summed E-state index contributed by atoms with van der Waals surface area (Å²) in [7, 11) is 0. The molecule has 2 aromatic carbocycles. The molecule has 2 aliphatic heterocycles. The third kappa shape index (κ3) is 9.39. The van der Waals surface area contributed by atoms with Gasteiger partial charge in [0.2, 0.25) is 0 Å². The van der Waals surface area contributed by atoms with Crippen molar-refractivity contribution in [2.24, 2.45) is 0 Å². The van der Waals surface area contributed by atoms with Crippen molar-refractivity contribution in [3.63, 3.8) is 0 Å². The zero-order valence-corrected chi connectivity index (χ0v) is 33.3. The van der Waals surface area contributed by atoms with Crippen LogP contribution in [0.25, 0.3) is 11.4 Å². The zero-order valence-electron chi connectivity index (χ0n) is 33.3. The maximum atomic E-state index is 13.4. The molecule has 6 atom stereocenters. The highest BCUT2D eigenvalue weighted by Gasteiger charge is 2.42.